The minimum Gasteiger partial charge on any atom is -0.480 e. The van der Waals surface area contributed by atoms with Crippen LogP contribution in [0.4, 0.5) is 0 Å². The second kappa shape index (κ2) is 3.92. The molecule has 0 aromatic heterocycles. The molecule has 0 atom stereocenters. The molecular weight excluding hydrogens is 178 g/mol. The number of carbonyl (C=O) groups is 1. The molecule has 0 amide bonds. The Morgan fingerprint density at radius 1 is 1.67 bits per heavy atom. The van der Waals surface area contributed by atoms with Crippen molar-refractivity contribution in [3.8, 4) is 0 Å². The van der Waals surface area contributed by atoms with Gasteiger partial charge < -0.3 is 5.11 Å². The summed E-state index contributed by atoms with van der Waals surface area (Å²) >= 11 is 5.30. The lowest BCUT2D eigenvalue weighted by atomic mass is 9.77. The summed E-state index contributed by atoms with van der Waals surface area (Å²) in [5.41, 5.74) is 0.720. The molecule has 0 bridgehead atoms. The lowest BCUT2D eigenvalue weighted by Gasteiger charge is -2.38. The zero-order chi connectivity index (χ0) is 9.03. The molecule has 0 spiro atoms. The molecule has 1 aliphatic rings. The lowest BCUT2D eigenvalue weighted by molar-refractivity contribution is -0.148. The van der Waals surface area contributed by atoms with Crippen molar-refractivity contribution in [1.29, 1.82) is 0 Å². The first-order valence-corrected chi connectivity index (χ1v) is 4.38. The van der Waals surface area contributed by atoms with Crippen LogP contribution in [0, 0.1) is 0 Å². The van der Waals surface area contributed by atoms with E-state index in [-0.39, 0.29) is 0 Å². The zero-order valence-corrected chi connectivity index (χ0v) is 7.47. The van der Waals surface area contributed by atoms with Gasteiger partial charge in [0.05, 0.1) is 0 Å². The van der Waals surface area contributed by atoms with Crippen molar-refractivity contribution in [3.05, 3.63) is 11.6 Å². The Morgan fingerprint density at radius 2 is 2.33 bits per heavy atom. The molecule has 3 nitrogen and oxygen atoms in total. The summed E-state index contributed by atoms with van der Waals surface area (Å²) in [6, 6.07) is 0. The number of hydrogen-bond donors (Lipinski definition) is 2. The van der Waals surface area contributed by atoms with Crippen molar-refractivity contribution in [2.45, 2.75) is 24.8 Å². The fourth-order valence-electron chi connectivity index (χ4n) is 1.30. The number of aliphatic carboxylic acids is 1. The molecule has 0 saturated heterocycles. The average molecular weight is 190 g/mol. The van der Waals surface area contributed by atoms with Crippen LogP contribution in [0.1, 0.15) is 19.3 Å². The average Bonchev–Trinajstić information content (AvgIpc) is 1.94. The largest absolute Gasteiger partial charge is 0.480 e. The fraction of sp³-hybridized carbons (Fsp3) is 0.625. The lowest BCUT2D eigenvalue weighted by Crippen LogP contribution is -2.57. The van der Waals surface area contributed by atoms with Gasteiger partial charge in [0.1, 0.15) is 5.54 Å². The molecular formula is C8H12ClNO2. The van der Waals surface area contributed by atoms with Gasteiger partial charge in [0.25, 0.3) is 0 Å². The van der Waals surface area contributed by atoms with E-state index in [2.05, 4.69) is 5.32 Å². The molecule has 0 aromatic rings. The summed E-state index contributed by atoms with van der Waals surface area (Å²) in [7, 11) is 0. The first-order chi connectivity index (χ1) is 5.71. The molecule has 1 aliphatic carbocycles. The number of hydrogen-bond acceptors (Lipinski definition) is 2. The monoisotopic (exact) mass is 189 g/mol. The first-order valence-electron chi connectivity index (χ1n) is 3.95. The molecule has 12 heavy (non-hydrogen) atoms. The molecule has 0 heterocycles. The highest BCUT2D eigenvalue weighted by molar-refractivity contribution is 6.25. The van der Waals surface area contributed by atoms with Crippen molar-refractivity contribution >= 4 is 17.6 Å². The Morgan fingerprint density at radius 3 is 2.67 bits per heavy atom. The van der Waals surface area contributed by atoms with Crippen LogP contribution in [0.3, 0.4) is 0 Å². The van der Waals surface area contributed by atoms with E-state index >= 15 is 0 Å². The van der Waals surface area contributed by atoms with Gasteiger partial charge in [-0.15, -0.1) is 0 Å². The van der Waals surface area contributed by atoms with Crippen LogP contribution in [-0.2, 0) is 4.79 Å². The maximum absolute atomic E-state index is 10.8. The summed E-state index contributed by atoms with van der Waals surface area (Å²) in [6.07, 6.45) is 4.13. The van der Waals surface area contributed by atoms with Crippen LogP contribution in [0.25, 0.3) is 0 Å². The minimum atomic E-state index is -0.753. The van der Waals surface area contributed by atoms with Crippen molar-refractivity contribution in [3.63, 3.8) is 0 Å². The molecule has 0 unspecified atom stereocenters. The van der Waals surface area contributed by atoms with Gasteiger partial charge in [-0.2, -0.15) is 0 Å². The van der Waals surface area contributed by atoms with E-state index < -0.39 is 11.5 Å². The standard InChI is InChI=1S/C8H12ClNO2/c9-5-2-6-10-8(7(11)12)3-1-4-8/h2,5,10H,1,3-4,6H2,(H,11,12)/b5-2+. The van der Waals surface area contributed by atoms with E-state index in [1.165, 1.54) is 5.54 Å². The molecule has 1 saturated carbocycles. The second-order valence-corrected chi connectivity index (χ2v) is 3.24. The summed E-state index contributed by atoms with van der Waals surface area (Å²) in [6.45, 7) is 0.524. The number of halogens is 1. The summed E-state index contributed by atoms with van der Waals surface area (Å²) < 4.78 is 0. The van der Waals surface area contributed by atoms with E-state index in [9.17, 15) is 4.79 Å². The quantitative estimate of drug-likeness (QED) is 0.702. The topological polar surface area (TPSA) is 49.3 Å². The highest BCUT2D eigenvalue weighted by atomic mass is 35.5. The Balaban J connectivity index is 2.40. The van der Waals surface area contributed by atoms with Gasteiger partial charge in [0.2, 0.25) is 0 Å². The van der Waals surface area contributed by atoms with Crippen molar-refractivity contribution < 1.29 is 9.90 Å². The van der Waals surface area contributed by atoms with Gasteiger partial charge in [-0.1, -0.05) is 17.7 Å². The smallest absolute Gasteiger partial charge is 0.323 e. The van der Waals surface area contributed by atoms with E-state index in [4.69, 9.17) is 16.7 Å². The van der Waals surface area contributed by atoms with E-state index in [0.717, 1.165) is 19.3 Å². The molecule has 0 aliphatic heterocycles. The van der Waals surface area contributed by atoms with Gasteiger partial charge in [0, 0.05) is 12.1 Å². The Bertz CT molecular complexity index is 199. The van der Waals surface area contributed by atoms with Crippen molar-refractivity contribution in [2.24, 2.45) is 0 Å². The predicted molar refractivity (Wildman–Crippen MR) is 47.2 cm³/mol. The Labute approximate surface area is 76.4 Å². The zero-order valence-electron chi connectivity index (χ0n) is 6.72. The first kappa shape index (κ1) is 9.55. The van der Waals surface area contributed by atoms with Crippen LogP contribution < -0.4 is 5.32 Å². The van der Waals surface area contributed by atoms with Gasteiger partial charge >= 0.3 is 5.97 Å². The summed E-state index contributed by atoms with van der Waals surface area (Å²) in [5, 5.41) is 11.8. The van der Waals surface area contributed by atoms with Crippen LogP contribution in [0.5, 0.6) is 0 Å². The highest BCUT2D eigenvalue weighted by Crippen LogP contribution is 2.31. The fourth-order valence-corrected chi connectivity index (χ4v) is 1.38. The molecule has 1 rings (SSSR count). The molecule has 68 valence electrons. The summed E-state index contributed by atoms with van der Waals surface area (Å²) in [4.78, 5) is 10.8. The highest BCUT2D eigenvalue weighted by Gasteiger charge is 2.43. The SMILES string of the molecule is O=C(O)C1(NC/C=C/Cl)CCC1. The maximum Gasteiger partial charge on any atom is 0.323 e. The van der Waals surface area contributed by atoms with E-state index in [0.29, 0.717) is 6.54 Å². The minimum absolute atomic E-state index is 0.524. The predicted octanol–water partition coefficient (Wildman–Crippen LogP) is 1.34. The van der Waals surface area contributed by atoms with Crippen LogP contribution in [0.2, 0.25) is 0 Å². The van der Waals surface area contributed by atoms with Crippen molar-refractivity contribution in [2.75, 3.05) is 6.54 Å². The molecule has 0 radical (unpaired) electrons. The maximum atomic E-state index is 10.8. The van der Waals surface area contributed by atoms with Gasteiger partial charge in [-0.25, -0.2) is 0 Å². The van der Waals surface area contributed by atoms with Gasteiger partial charge in [0.15, 0.2) is 0 Å². The van der Waals surface area contributed by atoms with Gasteiger partial charge in [-0.3, -0.25) is 10.1 Å². The third kappa shape index (κ3) is 1.79. The number of nitrogens with one attached hydrogen (secondary N) is 1. The van der Waals surface area contributed by atoms with Crippen LogP contribution >= 0.6 is 11.6 Å². The summed E-state index contributed by atoms with van der Waals surface area (Å²) in [5.74, 6) is -0.753. The molecule has 4 heteroatoms. The van der Waals surface area contributed by atoms with E-state index in [1.807, 2.05) is 0 Å². The molecule has 0 aromatic carbocycles. The van der Waals surface area contributed by atoms with Crippen LogP contribution in [-0.4, -0.2) is 23.2 Å². The van der Waals surface area contributed by atoms with E-state index in [1.54, 1.807) is 6.08 Å². The number of carboxylic acid groups (broad SMARTS) is 1. The van der Waals surface area contributed by atoms with Crippen molar-refractivity contribution in [1.82, 2.24) is 5.32 Å². The third-order valence-electron chi connectivity index (χ3n) is 2.26. The second-order valence-electron chi connectivity index (χ2n) is 2.98. The van der Waals surface area contributed by atoms with Gasteiger partial charge in [-0.05, 0) is 19.3 Å². The number of rotatable bonds is 4. The number of carboxylic acids is 1. The normalized spacial score (nSPS) is 20.8. The Hall–Kier alpha value is -0.540. The molecule has 1 fully saturated rings. The third-order valence-corrected chi connectivity index (χ3v) is 2.44. The molecule has 2 N–H and O–H groups in total. The van der Waals surface area contributed by atoms with Crippen LogP contribution in [0.15, 0.2) is 11.6 Å². The Kier molecular flexibility index (Phi) is 3.12.